The van der Waals surface area contributed by atoms with Gasteiger partial charge in [-0.2, -0.15) is 5.10 Å². The third kappa shape index (κ3) is 1.99. The van der Waals surface area contributed by atoms with E-state index in [1.807, 2.05) is 5.43 Å². The van der Waals surface area contributed by atoms with Crippen molar-refractivity contribution in [2.45, 2.75) is 20.4 Å². The Kier molecular flexibility index (Phi) is 2.90. The molecule has 5 nitrogen and oxygen atoms in total. The van der Waals surface area contributed by atoms with Crippen LogP contribution in [0.4, 0.5) is 0 Å². The number of hydrogen-bond donors (Lipinski definition) is 2. The zero-order valence-electron chi connectivity index (χ0n) is 7.47. The molecule has 13 heavy (non-hydrogen) atoms. The highest BCUT2D eigenvalue weighted by atomic mass is 35.5. The van der Waals surface area contributed by atoms with Crippen LogP contribution in [0.25, 0.3) is 0 Å². The number of rotatable bonds is 2. The maximum absolute atomic E-state index is 10.9. The lowest BCUT2D eigenvalue weighted by atomic mass is 10.4. The second kappa shape index (κ2) is 3.76. The second-order valence-corrected chi connectivity index (χ2v) is 3.09. The van der Waals surface area contributed by atoms with E-state index < -0.39 is 0 Å². The Balaban J connectivity index is 2.90. The van der Waals surface area contributed by atoms with Gasteiger partial charge >= 0.3 is 0 Å². The second-order valence-electron chi connectivity index (χ2n) is 2.71. The van der Waals surface area contributed by atoms with Crippen LogP contribution in [0.5, 0.6) is 0 Å². The van der Waals surface area contributed by atoms with E-state index in [9.17, 15) is 4.79 Å². The minimum absolute atomic E-state index is 0.0931. The SMILES string of the molecule is Cc1nn(CC(=O)NN)c(C)c1Cl. The minimum Gasteiger partial charge on any atom is -0.293 e. The molecule has 0 aliphatic carbocycles. The van der Waals surface area contributed by atoms with Crippen LogP contribution in [0.1, 0.15) is 11.4 Å². The summed E-state index contributed by atoms with van der Waals surface area (Å²) in [6.45, 7) is 3.67. The highest BCUT2D eigenvalue weighted by molar-refractivity contribution is 6.31. The standard InChI is InChI=1S/C7H11ClN4O/c1-4-7(8)5(2)12(11-4)3-6(13)10-9/h3,9H2,1-2H3,(H,10,13). The molecule has 0 fully saturated rings. The van der Waals surface area contributed by atoms with Crippen molar-refractivity contribution in [1.82, 2.24) is 15.2 Å². The Bertz CT molecular complexity index is 333. The molecule has 0 aliphatic heterocycles. The molecule has 1 aromatic rings. The van der Waals surface area contributed by atoms with Crippen molar-refractivity contribution in [3.8, 4) is 0 Å². The predicted octanol–water partition coefficient (Wildman–Crippen LogP) is 0.143. The lowest BCUT2D eigenvalue weighted by Gasteiger charge is -2.01. The summed E-state index contributed by atoms with van der Waals surface area (Å²) >= 11 is 5.88. The van der Waals surface area contributed by atoms with Gasteiger partial charge in [-0.3, -0.25) is 14.9 Å². The Labute approximate surface area is 80.8 Å². The van der Waals surface area contributed by atoms with Crippen LogP contribution in [-0.2, 0) is 11.3 Å². The minimum atomic E-state index is -0.303. The van der Waals surface area contributed by atoms with Gasteiger partial charge in [0.05, 0.1) is 16.4 Å². The molecule has 0 radical (unpaired) electrons. The van der Waals surface area contributed by atoms with E-state index in [1.165, 1.54) is 4.68 Å². The Morgan fingerprint density at radius 3 is 2.69 bits per heavy atom. The van der Waals surface area contributed by atoms with Gasteiger partial charge in [0, 0.05) is 0 Å². The maximum Gasteiger partial charge on any atom is 0.255 e. The van der Waals surface area contributed by atoms with Crippen molar-refractivity contribution in [1.29, 1.82) is 0 Å². The highest BCUT2D eigenvalue weighted by Gasteiger charge is 2.10. The van der Waals surface area contributed by atoms with Crippen molar-refractivity contribution in [2.75, 3.05) is 0 Å². The predicted molar refractivity (Wildman–Crippen MR) is 49.0 cm³/mol. The van der Waals surface area contributed by atoms with Gasteiger partial charge in [-0.05, 0) is 13.8 Å². The molecule has 0 aliphatic rings. The van der Waals surface area contributed by atoms with Crippen molar-refractivity contribution < 1.29 is 4.79 Å². The molecule has 0 bridgehead atoms. The first kappa shape index (κ1) is 10.0. The molecule has 1 heterocycles. The van der Waals surface area contributed by atoms with Gasteiger partial charge in [0.25, 0.3) is 5.91 Å². The summed E-state index contributed by atoms with van der Waals surface area (Å²) in [7, 11) is 0. The van der Waals surface area contributed by atoms with E-state index in [-0.39, 0.29) is 12.5 Å². The number of aryl methyl sites for hydroxylation is 1. The number of amides is 1. The summed E-state index contributed by atoms with van der Waals surface area (Å²) < 4.78 is 1.51. The van der Waals surface area contributed by atoms with Crippen molar-refractivity contribution >= 4 is 17.5 Å². The molecule has 0 aromatic carbocycles. The molecule has 6 heteroatoms. The van der Waals surface area contributed by atoms with Gasteiger partial charge in [-0.15, -0.1) is 0 Å². The largest absolute Gasteiger partial charge is 0.293 e. The average molecular weight is 203 g/mol. The van der Waals surface area contributed by atoms with Gasteiger partial charge in [-0.25, -0.2) is 5.84 Å². The third-order valence-corrected chi connectivity index (χ3v) is 2.29. The summed E-state index contributed by atoms with van der Waals surface area (Å²) in [5.41, 5.74) is 3.51. The van der Waals surface area contributed by atoms with E-state index in [1.54, 1.807) is 13.8 Å². The van der Waals surface area contributed by atoms with E-state index >= 15 is 0 Å². The quantitative estimate of drug-likeness (QED) is 0.407. The number of hydrogen-bond acceptors (Lipinski definition) is 3. The van der Waals surface area contributed by atoms with Crippen molar-refractivity contribution in [3.63, 3.8) is 0 Å². The molecule has 1 rings (SSSR count). The van der Waals surface area contributed by atoms with Crippen LogP contribution in [0.2, 0.25) is 5.02 Å². The number of halogens is 1. The molecular formula is C7H11ClN4O. The number of carbonyl (C=O) groups excluding carboxylic acids is 1. The molecule has 0 spiro atoms. The van der Waals surface area contributed by atoms with Crippen LogP contribution < -0.4 is 11.3 Å². The van der Waals surface area contributed by atoms with Crippen LogP contribution in [-0.4, -0.2) is 15.7 Å². The zero-order valence-corrected chi connectivity index (χ0v) is 8.22. The van der Waals surface area contributed by atoms with E-state index in [4.69, 9.17) is 17.4 Å². The van der Waals surface area contributed by atoms with Crippen LogP contribution in [0, 0.1) is 13.8 Å². The summed E-state index contributed by atoms with van der Waals surface area (Å²) in [6, 6.07) is 0. The lowest BCUT2D eigenvalue weighted by Crippen LogP contribution is -2.33. The normalized spacial score (nSPS) is 10.2. The van der Waals surface area contributed by atoms with Crippen molar-refractivity contribution in [2.24, 2.45) is 5.84 Å². The number of nitrogens with zero attached hydrogens (tertiary/aromatic N) is 2. The average Bonchev–Trinajstić information content (AvgIpc) is 2.34. The van der Waals surface area contributed by atoms with Gasteiger partial charge in [0.2, 0.25) is 0 Å². The number of carbonyl (C=O) groups is 1. The first-order chi connectivity index (χ1) is 6.06. The Hall–Kier alpha value is -1.07. The van der Waals surface area contributed by atoms with Crippen LogP contribution >= 0.6 is 11.6 Å². The molecule has 0 atom stereocenters. The molecular weight excluding hydrogens is 192 g/mol. The molecule has 1 aromatic heterocycles. The summed E-state index contributed by atoms with van der Waals surface area (Å²) in [4.78, 5) is 10.9. The topological polar surface area (TPSA) is 72.9 Å². The first-order valence-corrected chi connectivity index (χ1v) is 4.13. The third-order valence-electron chi connectivity index (χ3n) is 1.75. The molecule has 1 amide bonds. The number of nitrogens with one attached hydrogen (secondary N) is 1. The number of nitrogens with two attached hydrogens (primary N) is 1. The Morgan fingerprint density at radius 1 is 1.69 bits per heavy atom. The number of aromatic nitrogens is 2. The maximum atomic E-state index is 10.9. The summed E-state index contributed by atoms with van der Waals surface area (Å²) in [5, 5.41) is 4.65. The van der Waals surface area contributed by atoms with E-state index in [0.717, 1.165) is 5.69 Å². The molecule has 72 valence electrons. The fraction of sp³-hybridized carbons (Fsp3) is 0.429. The van der Waals surface area contributed by atoms with Crippen LogP contribution in [0.15, 0.2) is 0 Å². The molecule has 0 saturated carbocycles. The van der Waals surface area contributed by atoms with Gasteiger partial charge in [0.1, 0.15) is 6.54 Å². The fourth-order valence-electron chi connectivity index (χ4n) is 1.01. The first-order valence-electron chi connectivity index (χ1n) is 3.75. The van der Waals surface area contributed by atoms with E-state index in [0.29, 0.717) is 10.7 Å². The van der Waals surface area contributed by atoms with Gasteiger partial charge in [0.15, 0.2) is 0 Å². The van der Waals surface area contributed by atoms with Crippen molar-refractivity contribution in [3.05, 3.63) is 16.4 Å². The number of hydrazine groups is 1. The summed E-state index contributed by atoms with van der Waals surface area (Å²) in [6.07, 6.45) is 0. The molecule has 0 unspecified atom stereocenters. The summed E-state index contributed by atoms with van der Waals surface area (Å²) in [5.74, 6) is 4.64. The Morgan fingerprint density at radius 2 is 2.31 bits per heavy atom. The fourth-order valence-corrected chi connectivity index (χ4v) is 1.15. The molecule has 0 saturated heterocycles. The van der Waals surface area contributed by atoms with E-state index in [2.05, 4.69) is 5.10 Å². The van der Waals surface area contributed by atoms with Crippen LogP contribution in [0.3, 0.4) is 0 Å². The zero-order chi connectivity index (χ0) is 10.0. The van der Waals surface area contributed by atoms with Gasteiger partial charge < -0.3 is 0 Å². The molecule has 3 N–H and O–H groups in total. The smallest absolute Gasteiger partial charge is 0.255 e. The highest BCUT2D eigenvalue weighted by Crippen LogP contribution is 2.18. The van der Waals surface area contributed by atoms with Gasteiger partial charge in [-0.1, -0.05) is 11.6 Å². The monoisotopic (exact) mass is 202 g/mol. The lowest BCUT2D eigenvalue weighted by molar-refractivity contribution is -0.121.